The Bertz CT molecular complexity index is 199. The molecule has 0 saturated heterocycles. The summed E-state index contributed by atoms with van der Waals surface area (Å²) < 4.78 is 0. The van der Waals surface area contributed by atoms with Crippen molar-refractivity contribution in [2.24, 2.45) is 15.9 Å². The molecule has 0 fully saturated rings. The number of amidine groups is 1. The molecule has 0 spiro atoms. The van der Waals surface area contributed by atoms with Gasteiger partial charge in [0.1, 0.15) is 0 Å². The van der Waals surface area contributed by atoms with Crippen molar-refractivity contribution in [2.45, 2.75) is 46.6 Å². The van der Waals surface area contributed by atoms with Crippen LogP contribution in [-0.2, 0) is 0 Å². The van der Waals surface area contributed by atoms with Gasteiger partial charge in [-0.25, -0.2) is 0 Å². The Labute approximate surface area is 94.1 Å². The summed E-state index contributed by atoms with van der Waals surface area (Å²) in [6, 6.07) is 0.426. The molecular weight excluding hydrogens is 186 g/mol. The van der Waals surface area contributed by atoms with Crippen molar-refractivity contribution in [3.05, 3.63) is 0 Å². The summed E-state index contributed by atoms with van der Waals surface area (Å²) in [4.78, 5) is 8.37. The van der Waals surface area contributed by atoms with E-state index in [0.717, 1.165) is 31.8 Å². The lowest BCUT2D eigenvalue weighted by Gasteiger charge is -2.20. The molecule has 1 N–H and O–H groups in total. The standard InChI is InChI=1S/C12H25N3/c1-6-10(3)12(14-7-2)15-11(4)8-9-13-5/h10-11H,5-9H2,1-4H3,(H,14,15). The van der Waals surface area contributed by atoms with Gasteiger partial charge in [-0.1, -0.05) is 13.8 Å². The summed E-state index contributed by atoms with van der Waals surface area (Å²) in [5.41, 5.74) is 0. The highest BCUT2D eigenvalue weighted by atomic mass is 15.0. The van der Waals surface area contributed by atoms with Crippen LogP contribution in [0.4, 0.5) is 0 Å². The maximum atomic E-state index is 4.50. The van der Waals surface area contributed by atoms with E-state index in [2.05, 4.69) is 49.7 Å². The molecule has 0 aromatic heterocycles. The van der Waals surface area contributed by atoms with E-state index >= 15 is 0 Å². The molecule has 0 heterocycles. The molecule has 2 unspecified atom stereocenters. The minimum Gasteiger partial charge on any atom is -0.371 e. The van der Waals surface area contributed by atoms with Crippen LogP contribution in [0.1, 0.15) is 40.5 Å². The second-order valence-corrected chi connectivity index (χ2v) is 3.95. The molecule has 0 aliphatic heterocycles. The van der Waals surface area contributed by atoms with Gasteiger partial charge in [-0.15, -0.1) is 0 Å². The monoisotopic (exact) mass is 211 g/mol. The van der Waals surface area contributed by atoms with Crippen molar-refractivity contribution < 1.29 is 0 Å². The van der Waals surface area contributed by atoms with Gasteiger partial charge in [-0.3, -0.25) is 4.99 Å². The maximum absolute atomic E-state index is 4.50. The van der Waals surface area contributed by atoms with Crippen LogP contribution in [0.2, 0.25) is 0 Å². The first-order valence-electron chi connectivity index (χ1n) is 5.89. The average Bonchev–Trinajstić information content (AvgIpc) is 2.24. The van der Waals surface area contributed by atoms with Crippen molar-refractivity contribution in [3.8, 4) is 0 Å². The van der Waals surface area contributed by atoms with E-state index in [9.17, 15) is 0 Å². The van der Waals surface area contributed by atoms with Crippen molar-refractivity contribution in [1.82, 2.24) is 5.32 Å². The van der Waals surface area contributed by atoms with Gasteiger partial charge in [0.2, 0.25) is 0 Å². The summed E-state index contributed by atoms with van der Waals surface area (Å²) in [6.45, 7) is 13.8. The fourth-order valence-corrected chi connectivity index (χ4v) is 1.32. The van der Waals surface area contributed by atoms with E-state index in [1.54, 1.807) is 0 Å². The van der Waals surface area contributed by atoms with Gasteiger partial charge in [-0.2, -0.15) is 0 Å². The van der Waals surface area contributed by atoms with Crippen LogP contribution in [-0.4, -0.2) is 31.7 Å². The normalized spacial score (nSPS) is 15.9. The van der Waals surface area contributed by atoms with Crippen LogP contribution in [0.3, 0.4) is 0 Å². The van der Waals surface area contributed by atoms with Gasteiger partial charge >= 0.3 is 0 Å². The van der Waals surface area contributed by atoms with Crippen LogP contribution in [0, 0.1) is 5.92 Å². The Balaban J connectivity index is 4.16. The Kier molecular flexibility index (Phi) is 7.96. The third-order valence-electron chi connectivity index (χ3n) is 2.52. The van der Waals surface area contributed by atoms with Crippen LogP contribution in [0.25, 0.3) is 0 Å². The zero-order valence-electron chi connectivity index (χ0n) is 10.6. The lowest BCUT2D eigenvalue weighted by atomic mass is 10.1. The molecule has 0 radical (unpaired) electrons. The van der Waals surface area contributed by atoms with E-state index in [0.29, 0.717) is 12.0 Å². The zero-order valence-corrected chi connectivity index (χ0v) is 10.6. The molecule has 0 rings (SSSR count). The minimum atomic E-state index is 0.426. The van der Waals surface area contributed by atoms with E-state index < -0.39 is 0 Å². The second kappa shape index (κ2) is 8.45. The first kappa shape index (κ1) is 14.1. The highest BCUT2D eigenvalue weighted by Gasteiger charge is 2.10. The van der Waals surface area contributed by atoms with Gasteiger partial charge in [0.05, 0.1) is 5.84 Å². The SMILES string of the molecule is C=NCCC(C)NC(=NCC)C(C)CC. The number of aliphatic imine (C=N–C) groups is 2. The smallest absolute Gasteiger partial charge is 0.0993 e. The van der Waals surface area contributed by atoms with Crippen LogP contribution in [0.5, 0.6) is 0 Å². The first-order valence-corrected chi connectivity index (χ1v) is 5.89. The van der Waals surface area contributed by atoms with Crippen LogP contribution >= 0.6 is 0 Å². The summed E-state index contributed by atoms with van der Waals surface area (Å²) in [5, 5.41) is 3.47. The number of nitrogens with zero attached hydrogens (tertiary/aromatic N) is 2. The van der Waals surface area contributed by atoms with Crippen molar-refractivity contribution in [3.63, 3.8) is 0 Å². The Morgan fingerprint density at radius 3 is 2.47 bits per heavy atom. The highest BCUT2D eigenvalue weighted by Crippen LogP contribution is 2.04. The van der Waals surface area contributed by atoms with Gasteiger partial charge in [0.15, 0.2) is 0 Å². The molecule has 0 aliphatic carbocycles. The maximum Gasteiger partial charge on any atom is 0.0993 e. The topological polar surface area (TPSA) is 36.8 Å². The molecule has 88 valence electrons. The molecule has 0 aromatic rings. The average molecular weight is 211 g/mol. The molecule has 0 aliphatic rings. The zero-order chi connectivity index (χ0) is 11.7. The third-order valence-corrected chi connectivity index (χ3v) is 2.52. The highest BCUT2D eigenvalue weighted by molar-refractivity contribution is 5.84. The molecule has 0 amide bonds. The van der Waals surface area contributed by atoms with E-state index in [1.165, 1.54) is 0 Å². The number of hydrogen-bond donors (Lipinski definition) is 1. The van der Waals surface area contributed by atoms with Crippen molar-refractivity contribution >= 4 is 12.6 Å². The Hall–Kier alpha value is -0.860. The van der Waals surface area contributed by atoms with Crippen molar-refractivity contribution in [2.75, 3.05) is 13.1 Å². The summed E-state index contributed by atoms with van der Waals surface area (Å²) >= 11 is 0. The molecule has 0 bridgehead atoms. The van der Waals surface area contributed by atoms with Gasteiger partial charge < -0.3 is 10.3 Å². The lowest BCUT2D eigenvalue weighted by molar-refractivity contribution is 0.584. The quantitative estimate of drug-likeness (QED) is 0.510. The predicted molar refractivity (Wildman–Crippen MR) is 69.1 cm³/mol. The fraction of sp³-hybridized carbons (Fsp3) is 0.833. The first-order chi connectivity index (χ1) is 7.15. The largest absolute Gasteiger partial charge is 0.371 e. The minimum absolute atomic E-state index is 0.426. The second-order valence-electron chi connectivity index (χ2n) is 3.95. The van der Waals surface area contributed by atoms with E-state index in [4.69, 9.17) is 0 Å². The summed E-state index contributed by atoms with van der Waals surface area (Å²) in [5.74, 6) is 1.65. The molecule has 3 heteroatoms. The van der Waals surface area contributed by atoms with Gasteiger partial charge in [0, 0.05) is 25.0 Å². The molecule has 3 nitrogen and oxygen atoms in total. The lowest BCUT2D eigenvalue weighted by Crippen LogP contribution is -2.37. The van der Waals surface area contributed by atoms with Gasteiger partial charge in [-0.05, 0) is 33.4 Å². The number of rotatable bonds is 7. The van der Waals surface area contributed by atoms with E-state index in [1.807, 2.05) is 0 Å². The summed E-state index contributed by atoms with van der Waals surface area (Å²) in [6.07, 6.45) is 2.14. The Morgan fingerprint density at radius 1 is 1.33 bits per heavy atom. The fourth-order valence-electron chi connectivity index (χ4n) is 1.32. The molecular formula is C12H25N3. The molecule has 15 heavy (non-hydrogen) atoms. The van der Waals surface area contributed by atoms with Crippen LogP contribution < -0.4 is 5.32 Å². The van der Waals surface area contributed by atoms with E-state index in [-0.39, 0.29) is 0 Å². The number of nitrogens with one attached hydrogen (secondary N) is 1. The number of hydrogen-bond acceptors (Lipinski definition) is 2. The molecule has 0 saturated carbocycles. The van der Waals surface area contributed by atoms with Gasteiger partial charge in [0.25, 0.3) is 0 Å². The van der Waals surface area contributed by atoms with Crippen molar-refractivity contribution in [1.29, 1.82) is 0 Å². The molecule has 2 atom stereocenters. The summed E-state index contributed by atoms with van der Waals surface area (Å²) in [7, 11) is 0. The third kappa shape index (κ3) is 6.26. The predicted octanol–water partition coefficient (Wildman–Crippen LogP) is 2.52. The molecule has 0 aromatic carbocycles. The van der Waals surface area contributed by atoms with Crippen LogP contribution in [0.15, 0.2) is 9.98 Å². The Morgan fingerprint density at radius 2 is 2.00 bits per heavy atom.